The third-order valence-electron chi connectivity index (χ3n) is 3.15. The van der Waals surface area contributed by atoms with Crippen LogP contribution >= 0.6 is 24.0 Å². The zero-order valence-electron chi connectivity index (χ0n) is 13.9. The number of hydrogen-bond acceptors (Lipinski definition) is 4. The number of carbonyl (C=O) groups excluding carboxylic acids is 1. The number of guanidine groups is 1. The van der Waals surface area contributed by atoms with E-state index in [1.54, 1.807) is 14.2 Å². The molecule has 0 spiro atoms. The van der Waals surface area contributed by atoms with Gasteiger partial charge >= 0.3 is 5.97 Å². The average Bonchev–Trinajstić information content (AvgIpc) is 2.57. The number of benzene rings is 1. The molecule has 0 aliphatic heterocycles. The molecule has 0 bridgehead atoms. The smallest absolute Gasteiger partial charge is 0.305 e. The fraction of sp³-hybridized carbons (Fsp3) is 0.500. The lowest BCUT2D eigenvalue weighted by Gasteiger charge is -2.12. The number of methoxy groups -OCH3 is 2. The van der Waals surface area contributed by atoms with E-state index in [4.69, 9.17) is 4.74 Å². The molecule has 6 nitrogen and oxygen atoms in total. The number of ether oxygens (including phenoxy) is 2. The minimum Gasteiger partial charge on any atom is -0.497 e. The lowest BCUT2D eigenvalue weighted by atomic mass is 10.2. The highest BCUT2D eigenvalue weighted by Crippen LogP contribution is 2.11. The van der Waals surface area contributed by atoms with Gasteiger partial charge in [-0.25, -0.2) is 0 Å². The summed E-state index contributed by atoms with van der Waals surface area (Å²) in [6.07, 6.45) is 2.13. The van der Waals surface area contributed by atoms with Crippen molar-refractivity contribution in [3.8, 4) is 5.75 Å². The van der Waals surface area contributed by atoms with Crippen LogP contribution in [-0.4, -0.2) is 39.7 Å². The molecule has 130 valence electrons. The number of nitrogens with zero attached hydrogens (tertiary/aromatic N) is 1. The molecule has 7 heteroatoms. The van der Waals surface area contributed by atoms with E-state index in [-0.39, 0.29) is 29.9 Å². The Balaban J connectivity index is 0.00000484. The maximum Gasteiger partial charge on any atom is 0.305 e. The fourth-order valence-electron chi connectivity index (χ4n) is 1.89. The van der Waals surface area contributed by atoms with Gasteiger partial charge in [0, 0.05) is 26.6 Å². The van der Waals surface area contributed by atoms with Gasteiger partial charge in [-0.3, -0.25) is 9.79 Å². The third-order valence-corrected chi connectivity index (χ3v) is 3.15. The molecule has 0 aliphatic carbocycles. The Morgan fingerprint density at radius 3 is 2.65 bits per heavy atom. The maximum absolute atomic E-state index is 11.0. The van der Waals surface area contributed by atoms with Crippen LogP contribution in [0.2, 0.25) is 0 Å². The van der Waals surface area contributed by atoms with Gasteiger partial charge in [0.05, 0.1) is 14.2 Å². The predicted molar refractivity (Wildman–Crippen MR) is 102 cm³/mol. The number of esters is 1. The highest BCUT2D eigenvalue weighted by molar-refractivity contribution is 14.0. The lowest BCUT2D eigenvalue weighted by molar-refractivity contribution is -0.140. The summed E-state index contributed by atoms with van der Waals surface area (Å²) in [5.74, 6) is 1.41. The van der Waals surface area contributed by atoms with E-state index >= 15 is 0 Å². The molecule has 0 saturated carbocycles. The minimum atomic E-state index is -0.166. The van der Waals surface area contributed by atoms with Crippen molar-refractivity contribution in [2.24, 2.45) is 4.99 Å². The summed E-state index contributed by atoms with van der Waals surface area (Å²) in [5, 5.41) is 6.46. The Morgan fingerprint density at radius 1 is 1.22 bits per heavy atom. The van der Waals surface area contributed by atoms with Crippen LogP contribution in [0.25, 0.3) is 0 Å². The highest BCUT2D eigenvalue weighted by Gasteiger charge is 2.01. The SMILES string of the molecule is CN=C(NCCCCC(=O)OC)NCc1cccc(OC)c1.I. The Morgan fingerprint density at radius 2 is 2.00 bits per heavy atom. The van der Waals surface area contributed by atoms with Crippen molar-refractivity contribution in [1.82, 2.24) is 10.6 Å². The molecule has 0 heterocycles. The van der Waals surface area contributed by atoms with Crippen molar-refractivity contribution in [3.05, 3.63) is 29.8 Å². The van der Waals surface area contributed by atoms with Crippen molar-refractivity contribution in [2.75, 3.05) is 27.8 Å². The molecule has 0 fully saturated rings. The molecule has 0 radical (unpaired) electrons. The van der Waals surface area contributed by atoms with E-state index in [0.29, 0.717) is 13.0 Å². The van der Waals surface area contributed by atoms with Gasteiger partial charge in [0.15, 0.2) is 5.96 Å². The zero-order valence-corrected chi connectivity index (χ0v) is 16.3. The summed E-state index contributed by atoms with van der Waals surface area (Å²) in [7, 11) is 4.79. The maximum atomic E-state index is 11.0. The second-order valence-corrected chi connectivity index (χ2v) is 4.74. The van der Waals surface area contributed by atoms with Gasteiger partial charge in [0.2, 0.25) is 0 Å². The molecule has 0 unspecified atom stereocenters. The number of nitrogens with one attached hydrogen (secondary N) is 2. The van der Waals surface area contributed by atoms with Crippen LogP contribution < -0.4 is 15.4 Å². The van der Waals surface area contributed by atoms with Crippen molar-refractivity contribution in [1.29, 1.82) is 0 Å². The van der Waals surface area contributed by atoms with Crippen molar-refractivity contribution >= 4 is 35.9 Å². The van der Waals surface area contributed by atoms with Gasteiger partial charge in [-0.2, -0.15) is 0 Å². The Kier molecular flexibility index (Phi) is 12.1. The summed E-state index contributed by atoms with van der Waals surface area (Å²) < 4.78 is 9.80. The van der Waals surface area contributed by atoms with Crippen LogP contribution in [0.5, 0.6) is 5.75 Å². The van der Waals surface area contributed by atoms with E-state index in [2.05, 4.69) is 20.4 Å². The van der Waals surface area contributed by atoms with Crippen LogP contribution in [0.4, 0.5) is 0 Å². The first-order valence-electron chi connectivity index (χ1n) is 7.34. The molecule has 1 rings (SSSR count). The van der Waals surface area contributed by atoms with Crippen LogP contribution in [0.15, 0.2) is 29.3 Å². The van der Waals surface area contributed by atoms with Gasteiger partial charge in [-0.05, 0) is 30.5 Å². The van der Waals surface area contributed by atoms with E-state index < -0.39 is 0 Å². The Hall–Kier alpha value is -1.51. The van der Waals surface area contributed by atoms with Gasteiger partial charge < -0.3 is 20.1 Å². The third kappa shape index (κ3) is 9.27. The number of hydrogen-bond donors (Lipinski definition) is 2. The van der Waals surface area contributed by atoms with Crippen molar-refractivity contribution in [2.45, 2.75) is 25.8 Å². The molecule has 0 amide bonds. The first-order chi connectivity index (χ1) is 10.7. The number of carbonyl (C=O) groups is 1. The van der Waals surface area contributed by atoms with Crippen LogP contribution in [-0.2, 0) is 16.1 Å². The van der Waals surface area contributed by atoms with E-state index in [1.807, 2.05) is 24.3 Å². The normalized spacial score (nSPS) is 10.5. The summed E-state index contributed by atoms with van der Waals surface area (Å²) in [6.45, 7) is 1.42. The topological polar surface area (TPSA) is 72.0 Å². The van der Waals surface area contributed by atoms with E-state index in [0.717, 1.165) is 36.7 Å². The first kappa shape index (κ1) is 21.5. The molecule has 2 N–H and O–H groups in total. The average molecular weight is 435 g/mol. The monoisotopic (exact) mass is 435 g/mol. The van der Waals surface area contributed by atoms with Gasteiger partial charge in [-0.15, -0.1) is 24.0 Å². The second-order valence-electron chi connectivity index (χ2n) is 4.74. The molecule has 23 heavy (non-hydrogen) atoms. The van der Waals surface area contributed by atoms with Crippen LogP contribution in [0.3, 0.4) is 0 Å². The number of halogens is 1. The highest BCUT2D eigenvalue weighted by atomic mass is 127. The van der Waals surface area contributed by atoms with Gasteiger partial charge in [-0.1, -0.05) is 12.1 Å². The summed E-state index contributed by atoms with van der Waals surface area (Å²) in [5.41, 5.74) is 1.12. The fourth-order valence-corrected chi connectivity index (χ4v) is 1.89. The van der Waals surface area contributed by atoms with E-state index in [9.17, 15) is 4.79 Å². The molecule has 1 aromatic rings. The van der Waals surface area contributed by atoms with Crippen molar-refractivity contribution < 1.29 is 14.3 Å². The van der Waals surface area contributed by atoms with Gasteiger partial charge in [0.1, 0.15) is 5.75 Å². The quantitative estimate of drug-likeness (QED) is 0.216. The molecular formula is C16H26IN3O3. The summed E-state index contributed by atoms with van der Waals surface area (Å²) in [6, 6.07) is 7.88. The number of rotatable bonds is 8. The van der Waals surface area contributed by atoms with E-state index in [1.165, 1.54) is 7.11 Å². The molecule has 0 aliphatic rings. The Labute approximate surface area is 155 Å². The number of aliphatic imine (C=N–C) groups is 1. The van der Waals surface area contributed by atoms with Crippen LogP contribution in [0.1, 0.15) is 24.8 Å². The first-order valence-corrected chi connectivity index (χ1v) is 7.34. The zero-order chi connectivity index (χ0) is 16.2. The molecule has 0 aromatic heterocycles. The van der Waals surface area contributed by atoms with Crippen LogP contribution in [0, 0.1) is 0 Å². The Bertz CT molecular complexity index is 495. The largest absolute Gasteiger partial charge is 0.497 e. The lowest BCUT2D eigenvalue weighted by Crippen LogP contribution is -2.37. The predicted octanol–water partition coefficient (Wildman–Crippen LogP) is 2.32. The molecule has 0 saturated heterocycles. The van der Waals surface area contributed by atoms with Gasteiger partial charge in [0.25, 0.3) is 0 Å². The minimum absolute atomic E-state index is 0. The molecular weight excluding hydrogens is 409 g/mol. The van der Waals surface area contributed by atoms with Crippen molar-refractivity contribution in [3.63, 3.8) is 0 Å². The molecule has 0 atom stereocenters. The molecule has 1 aromatic carbocycles. The summed E-state index contributed by atoms with van der Waals surface area (Å²) >= 11 is 0. The second kappa shape index (κ2) is 13.0. The summed E-state index contributed by atoms with van der Waals surface area (Å²) in [4.78, 5) is 15.2. The number of unbranched alkanes of at least 4 members (excludes halogenated alkanes) is 1. The standard InChI is InChI=1S/C16H25N3O3.HI/c1-17-16(18-10-5-4-9-15(20)22-3)19-12-13-7-6-8-14(11-13)21-2;/h6-8,11H,4-5,9-10,12H2,1-3H3,(H2,17,18,19);1H.